The number of nitrogens with zero attached hydrogens (tertiary/aromatic N) is 2. The van der Waals surface area contributed by atoms with Crippen molar-refractivity contribution in [3.05, 3.63) is 77.6 Å². The molecule has 158 valence electrons. The molecule has 1 aromatic heterocycles. The molecule has 0 unspecified atom stereocenters. The Balaban J connectivity index is 1.84. The number of rotatable bonds is 5. The topological polar surface area (TPSA) is 60.8 Å². The van der Waals surface area contributed by atoms with Gasteiger partial charge in [0.1, 0.15) is 0 Å². The fraction of sp³-hybridized carbons (Fsp3) is 0.238. The first-order valence-corrected chi connectivity index (χ1v) is 10.6. The van der Waals surface area contributed by atoms with Gasteiger partial charge in [-0.1, -0.05) is 6.07 Å². The van der Waals surface area contributed by atoms with E-state index in [0.717, 1.165) is 12.1 Å². The summed E-state index contributed by atoms with van der Waals surface area (Å²) in [5, 5.41) is 0. The Bertz CT molecular complexity index is 1190. The van der Waals surface area contributed by atoms with Crippen molar-refractivity contribution in [2.24, 2.45) is 0 Å². The van der Waals surface area contributed by atoms with Crippen molar-refractivity contribution >= 4 is 10.0 Å². The van der Waals surface area contributed by atoms with Gasteiger partial charge in [0, 0.05) is 31.0 Å². The van der Waals surface area contributed by atoms with Crippen LogP contribution in [-0.2, 0) is 16.6 Å². The second-order valence-corrected chi connectivity index (χ2v) is 8.73. The number of methoxy groups -OCH3 is 2. The molecule has 2 heterocycles. The van der Waals surface area contributed by atoms with Crippen LogP contribution in [0.15, 0.2) is 59.6 Å². The van der Waals surface area contributed by atoms with Crippen molar-refractivity contribution in [1.82, 2.24) is 8.87 Å². The molecule has 0 radical (unpaired) electrons. The van der Waals surface area contributed by atoms with E-state index in [1.165, 1.54) is 42.8 Å². The molecular weight excluding hydrogens is 414 g/mol. The summed E-state index contributed by atoms with van der Waals surface area (Å²) in [5.41, 5.74) is 1.02. The summed E-state index contributed by atoms with van der Waals surface area (Å²) in [6.07, 6.45) is 1.84. The fourth-order valence-corrected chi connectivity index (χ4v) is 5.35. The number of halogens is 2. The van der Waals surface area contributed by atoms with Crippen LogP contribution in [0.3, 0.4) is 0 Å². The number of sulfonamides is 1. The lowest BCUT2D eigenvalue weighted by atomic mass is 10.0. The first-order chi connectivity index (χ1) is 14.4. The van der Waals surface area contributed by atoms with Crippen molar-refractivity contribution in [2.45, 2.75) is 17.5 Å². The number of hydrogen-bond donors (Lipinski definition) is 0. The summed E-state index contributed by atoms with van der Waals surface area (Å²) in [5.74, 6) is -1.33. The molecule has 1 aliphatic rings. The maximum Gasteiger partial charge on any atom is 0.244 e. The largest absolute Gasteiger partial charge is 0.493 e. The third-order valence-electron chi connectivity index (χ3n) is 5.22. The normalized spacial score (nSPS) is 16.9. The average molecular weight is 434 g/mol. The SMILES string of the molecule is COc1ccc(S(=O)(=O)N2CCn3cccc3[C@H]2c2ccc(F)c(F)c2)cc1OC. The molecule has 0 amide bonds. The summed E-state index contributed by atoms with van der Waals surface area (Å²) in [6.45, 7) is 0.608. The van der Waals surface area contributed by atoms with E-state index in [9.17, 15) is 17.2 Å². The molecule has 0 saturated heterocycles. The number of aromatic nitrogens is 1. The first kappa shape index (κ1) is 20.4. The van der Waals surface area contributed by atoms with E-state index in [1.54, 1.807) is 12.1 Å². The van der Waals surface area contributed by atoms with Gasteiger partial charge in [-0.15, -0.1) is 0 Å². The van der Waals surface area contributed by atoms with E-state index in [2.05, 4.69) is 0 Å². The van der Waals surface area contributed by atoms with Crippen LogP contribution in [0.25, 0.3) is 0 Å². The number of fused-ring (bicyclic) bond motifs is 1. The highest BCUT2D eigenvalue weighted by molar-refractivity contribution is 7.89. The highest BCUT2D eigenvalue weighted by Crippen LogP contribution is 2.38. The average Bonchev–Trinajstić information content (AvgIpc) is 3.23. The lowest BCUT2D eigenvalue weighted by molar-refractivity contribution is 0.297. The van der Waals surface area contributed by atoms with Gasteiger partial charge in [-0.25, -0.2) is 17.2 Å². The van der Waals surface area contributed by atoms with Crippen molar-refractivity contribution < 1.29 is 26.7 Å². The van der Waals surface area contributed by atoms with Gasteiger partial charge in [-0.2, -0.15) is 4.31 Å². The third-order valence-corrected chi connectivity index (χ3v) is 7.08. The summed E-state index contributed by atoms with van der Waals surface area (Å²) >= 11 is 0. The minimum absolute atomic E-state index is 0.0211. The van der Waals surface area contributed by atoms with Gasteiger partial charge in [-0.3, -0.25) is 0 Å². The minimum atomic E-state index is -3.99. The quantitative estimate of drug-likeness (QED) is 0.616. The maximum atomic E-state index is 14.0. The van der Waals surface area contributed by atoms with Crippen LogP contribution in [-0.4, -0.2) is 38.1 Å². The number of benzene rings is 2. The third kappa shape index (κ3) is 3.33. The second kappa shape index (κ2) is 7.73. The molecule has 0 bridgehead atoms. The Kier molecular flexibility index (Phi) is 5.25. The molecule has 1 atom stereocenters. The van der Waals surface area contributed by atoms with E-state index in [4.69, 9.17) is 9.47 Å². The monoisotopic (exact) mass is 434 g/mol. The van der Waals surface area contributed by atoms with Crippen LogP contribution < -0.4 is 9.47 Å². The van der Waals surface area contributed by atoms with Crippen molar-refractivity contribution in [1.29, 1.82) is 0 Å². The van der Waals surface area contributed by atoms with Crippen LogP contribution in [0, 0.1) is 11.6 Å². The van der Waals surface area contributed by atoms with Crippen molar-refractivity contribution in [3.8, 4) is 11.5 Å². The van der Waals surface area contributed by atoms with Crippen LogP contribution in [0.2, 0.25) is 0 Å². The Morgan fingerprint density at radius 3 is 2.40 bits per heavy atom. The zero-order chi connectivity index (χ0) is 21.5. The highest BCUT2D eigenvalue weighted by atomic mass is 32.2. The molecule has 9 heteroatoms. The predicted molar refractivity (Wildman–Crippen MR) is 106 cm³/mol. The van der Waals surface area contributed by atoms with Gasteiger partial charge in [0.2, 0.25) is 10.0 Å². The molecule has 6 nitrogen and oxygen atoms in total. The Morgan fingerprint density at radius 2 is 1.70 bits per heavy atom. The van der Waals surface area contributed by atoms with Gasteiger partial charge >= 0.3 is 0 Å². The van der Waals surface area contributed by atoms with Gasteiger partial charge in [-0.05, 0) is 42.0 Å². The zero-order valence-corrected chi connectivity index (χ0v) is 17.2. The second-order valence-electron chi connectivity index (χ2n) is 6.84. The molecular formula is C21H20F2N2O4S. The van der Waals surface area contributed by atoms with Crippen molar-refractivity contribution in [2.75, 3.05) is 20.8 Å². The van der Waals surface area contributed by atoms with Gasteiger partial charge in [0.25, 0.3) is 0 Å². The van der Waals surface area contributed by atoms with Crippen LogP contribution in [0.5, 0.6) is 11.5 Å². The molecule has 0 saturated carbocycles. The Hall–Kier alpha value is -2.91. The van der Waals surface area contributed by atoms with E-state index < -0.39 is 27.7 Å². The van der Waals surface area contributed by atoms with Crippen LogP contribution >= 0.6 is 0 Å². The molecule has 0 fully saturated rings. The molecule has 2 aromatic carbocycles. The van der Waals surface area contributed by atoms with Gasteiger partial charge in [0.15, 0.2) is 23.1 Å². The Labute approximate surface area is 173 Å². The highest BCUT2D eigenvalue weighted by Gasteiger charge is 2.38. The summed E-state index contributed by atoms with van der Waals surface area (Å²) in [6, 6.07) is 10.6. The van der Waals surface area contributed by atoms with E-state index in [1.807, 2.05) is 10.8 Å². The van der Waals surface area contributed by atoms with Gasteiger partial charge < -0.3 is 14.0 Å². The molecule has 1 aliphatic heterocycles. The summed E-state index contributed by atoms with van der Waals surface area (Å²) in [7, 11) is -1.11. The molecule has 0 aliphatic carbocycles. The van der Waals surface area contributed by atoms with Crippen LogP contribution in [0.4, 0.5) is 8.78 Å². The standard InChI is InChI=1S/C21H20F2N2O4S/c1-28-19-8-6-15(13-20(19)29-2)30(26,27)25-11-10-24-9-3-4-18(24)21(25)14-5-7-16(22)17(23)12-14/h3-9,12-13,21H,10-11H2,1-2H3/t21-/m1/s1. The number of ether oxygens (including phenoxy) is 2. The van der Waals surface area contributed by atoms with Gasteiger partial charge in [0.05, 0.1) is 25.2 Å². The van der Waals surface area contributed by atoms with E-state index >= 15 is 0 Å². The zero-order valence-electron chi connectivity index (χ0n) is 16.4. The molecule has 30 heavy (non-hydrogen) atoms. The smallest absolute Gasteiger partial charge is 0.244 e. The van der Waals surface area contributed by atoms with Crippen molar-refractivity contribution in [3.63, 3.8) is 0 Å². The molecule has 3 aromatic rings. The number of hydrogen-bond acceptors (Lipinski definition) is 4. The lowest BCUT2D eigenvalue weighted by Gasteiger charge is -2.36. The Morgan fingerprint density at radius 1 is 0.933 bits per heavy atom. The first-order valence-electron chi connectivity index (χ1n) is 9.20. The summed E-state index contributed by atoms with van der Waals surface area (Å²) in [4.78, 5) is 0.0211. The summed E-state index contributed by atoms with van der Waals surface area (Å²) < 4.78 is 68.3. The molecule has 0 spiro atoms. The predicted octanol–water partition coefficient (Wildman–Crippen LogP) is 3.58. The minimum Gasteiger partial charge on any atom is -0.493 e. The van der Waals surface area contributed by atoms with Crippen LogP contribution in [0.1, 0.15) is 17.3 Å². The van der Waals surface area contributed by atoms with E-state index in [-0.39, 0.29) is 17.2 Å². The molecule has 4 rings (SSSR count). The molecule has 0 N–H and O–H groups in total. The lowest BCUT2D eigenvalue weighted by Crippen LogP contribution is -2.42. The fourth-order valence-electron chi connectivity index (χ4n) is 3.75. The maximum absolute atomic E-state index is 14.0. The van der Waals surface area contributed by atoms with E-state index in [0.29, 0.717) is 23.6 Å².